The summed E-state index contributed by atoms with van der Waals surface area (Å²) in [7, 11) is -3.59. The number of carbonyl (C=O) groups is 1. The lowest BCUT2D eigenvalue weighted by Crippen LogP contribution is -2.46. The molecule has 1 heterocycles. The Bertz CT molecular complexity index is 851. The third-order valence-electron chi connectivity index (χ3n) is 4.33. The molecule has 26 heavy (non-hydrogen) atoms. The molecule has 1 amide bonds. The molecule has 1 aliphatic heterocycles. The number of sulfonamides is 1. The van der Waals surface area contributed by atoms with E-state index < -0.39 is 10.0 Å². The molecule has 0 spiro atoms. The fraction of sp³-hybridized carbons (Fsp3) is 0.316. The van der Waals surface area contributed by atoms with Gasteiger partial charge in [-0.15, -0.1) is 0 Å². The molecule has 0 aliphatic carbocycles. The molecule has 1 fully saturated rings. The Labute approximate surface area is 153 Å². The summed E-state index contributed by atoms with van der Waals surface area (Å²) in [6.45, 7) is 3.36. The summed E-state index contributed by atoms with van der Waals surface area (Å²) in [5.41, 5.74) is 1.43. The zero-order valence-corrected chi connectivity index (χ0v) is 15.4. The van der Waals surface area contributed by atoms with E-state index in [0.29, 0.717) is 31.9 Å². The van der Waals surface area contributed by atoms with Gasteiger partial charge in [-0.2, -0.15) is 4.31 Å². The number of amides is 1. The number of nitrogens with one attached hydrogen (secondary N) is 1. The molecule has 0 bridgehead atoms. The summed E-state index contributed by atoms with van der Waals surface area (Å²) in [5.74, 6) is -0.238. The Morgan fingerprint density at radius 1 is 1.15 bits per heavy atom. The first-order chi connectivity index (χ1) is 12.5. The minimum absolute atomic E-state index is 0.186. The lowest BCUT2D eigenvalue weighted by Gasteiger charge is -2.32. The van der Waals surface area contributed by atoms with Crippen molar-refractivity contribution in [1.82, 2.24) is 9.62 Å². The maximum absolute atomic E-state index is 12.8. The number of ether oxygens (including phenoxy) is 1. The second-order valence-corrected chi connectivity index (χ2v) is 8.12. The Kier molecular flexibility index (Phi) is 5.70. The summed E-state index contributed by atoms with van der Waals surface area (Å²) < 4.78 is 32.3. The van der Waals surface area contributed by atoms with Crippen LogP contribution in [0.15, 0.2) is 59.5 Å². The smallest absolute Gasteiger partial charge is 0.251 e. The third-order valence-corrected chi connectivity index (χ3v) is 6.35. The van der Waals surface area contributed by atoms with Crippen molar-refractivity contribution in [2.45, 2.75) is 24.4 Å². The van der Waals surface area contributed by atoms with E-state index in [0.717, 1.165) is 5.56 Å². The lowest BCUT2D eigenvalue weighted by atomic mass is 10.2. The fourth-order valence-corrected chi connectivity index (χ4v) is 4.46. The molecular weight excluding hydrogens is 352 g/mol. The summed E-state index contributed by atoms with van der Waals surface area (Å²) in [6.07, 6.45) is 0. The number of benzene rings is 2. The van der Waals surface area contributed by atoms with Crippen LogP contribution >= 0.6 is 0 Å². The normalized spacial score (nSPS) is 18.4. The highest BCUT2D eigenvalue weighted by molar-refractivity contribution is 7.89. The van der Waals surface area contributed by atoms with Crippen molar-refractivity contribution in [1.29, 1.82) is 0 Å². The first kappa shape index (κ1) is 18.6. The number of hydrogen-bond donors (Lipinski definition) is 1. The van der Waals surface area contributed by atoms with Gasteiger partial charge in [-0.25, -0.2) is 8.42 Å². The van der Waals surface area contributed by atoms with Crippen molar-refractivity contribution in [3.8, 4) is 0 Å². The maximum atomic E-state index is 12.8. The van der Waals surface area contributed by atoms with Gasteiger partial charge in [0, 0.05) is 24.7 Å². The molecule has 0 radical (unpaired) electrons. The zero-order valence-electron chi connectivity index (χ0n) is 14.6. The van der Waals surface area contributed by atoms with Crippen LogP contribution < -0.4 is 5.32 Å². The average Bonchev–Trinajstić information content (AvgIpc) is 2.67. The van der Waals surface area contributed by atoms with Gasteiger partial charge >= 0.3 is 0 Å². The van der Waals surface area contributed by atoms with E-state index in [2.05, 4.69) is 5.32 Å². The Morgan fingerprint density at radius 2 is 1.85 bits per heavy atom. The molecule has 1 unspecified atom stereocenters. The van der Waals surface area contributed by atoms with Gasteiger partial charge in [0.05, 0.1) is 18.1 Å². The number of rotatable bonds is 5. The van der Waals surface area contributed by atoms with Crippen LogP contribution in [0.3, 0.4) is 0 Å². The Balaban J connectivity index is 1.68. The Morgan fingerprint density at radius 3 is 2.50 bits per heavy atom. The predicted molar refractivity (Wildman–Crippen MR) is 98.2 cm³/mol. The zero-order chi connectivity index (χ0) is 18.6. The van der Waals surface area contributed by atoms with Gasteiger partial charge in [0.1, 0.15) is 0 Å². The van der Waals surface area contributed by atoms with Gasteiger partial charge in [0.2, 0.25) is 10.0 Å². The number of carbonyl (C=O) groups excluding carboxylic acids is 1. The summed E-state index contributed by atoms with van der Waals surface area (Å²) in [4.78, 5) is 12.4. The molecule has 2 aromatic carbocycles. The van der Waals surface area contributed by atoms with E-state index in [1.54, 1.807) is 12.1 Å². The second-order valence-electron chi connectivity index (χ2n) is 6.23. The predicted octanol–water partition coefficient (Wildman–Crippen LogP) is 2.03. The molecule has 7 heteroatoms. The monoisotopic (exact) mass is 374 g/mol. The topological polar surface area (TPSA) is 75.7 Å². The van der Waals surface area contributed by atoms with E-state index in [1.807, 2.05) is 37.3 Å². The maximum Gasteiger partial charge on any atom is 0.251 e. The molecule has 0 saturated carbocycles. The molecule has 6 nitrogen and oxygen atoms in total. The van der Waals surface area contributed by atoms with Crippen molar-refractivity contribution in [2.24, 2.45) is 0 Å². The van der Waals surface area contributed by atoms with Crippen LogP contribution in [-0.4, -0.2) is 44.4 Å². The number of nitrogens with zero attached hydrogens (tertiary/aromatic N) is 1. The van der Waals surface area contributed by atoms with E-state index in [9.17, 15) is 13.2 Å². The van der Waals surface area contributed by atoms with Gasteiger partial charge < -0.3 is 10.1 Å². The van der Waals surface area contributed by atoms with Crippen molar-refractivity contribution in [3.05, 3.63) is 65.7 Å². The quantitative estimate of drug-likeness (QED) is 0.869. The molecule has 1 aliphatic rings. The SMILES string of the molecule is CC1COCCN1S(=O)(=O)c1ccc(C(=O)NCc2ccccc2)cc1. The number of morpholine rings is 1. The molecule has 3 rings (SSSR count). The molecular formula is C19H22N2O4S. The van der Waals surface area contributed by atoms with Crippen molar-refractivity contribution >= 4 is 15.9 Å². The largest absolute Gasteiger partial charge is 0.378 e. The van der Waals surface area contributed by atoms with E-state index >= 15 is 0 Å². The molecule has 138 valence electrons. The lowest BCUT2D eigenvalue weighted by molar-refractivity contribution is 0.0393. The average molecular weight is 374 g/mol. The van der Waals surface area contributed by atoms with Crippen molar-refractivity contribution in [3.63, 3.8) is 0 Å². The second kappa shape index (κ2) is 7.99. The number of hydrogen-bond acceptors (Lipinski definition) is 4. The van der Waals surface area contributed by atoms with Crippen LogP contribution in [0, 0.1) is 0 Å². The fourth-order valence-electron chi connectivity index (χ4n) is 2.86. The van der Waals surface area contributed by atoms with Crippen molar-refractivity contribution < 1.29 is 17.9 Å². The van der Waals surface area contributed by atoms with E-state index in [4.69, 9.17) is 4.74 Å². The van der Waals surface area contributed by atoms with Gasteiger partial charge in [-0.1, -0.05) is 30.3 Å². The third kappa shape index (κ3) is 4.12. The summed E-state index contributed by atoms with van der Waals surface area (Å²) in [6, 6.07) is 15.4. The van der Waals surface area contributed by atoms with Crippen LogP contribution in [0.1, 0.15) is 22.8 Å². The first-order valence-electron chi connectivity index (χ1n) is 8.50. The molecule has 2 aromatic rings. The highest BCUT2D eigenvalue weighted by Crippen LogP contribution is 2.21. The van der Waals surface area contributed by atoms with E-state index in [1.165, 1.54) is 16.4 Å². The van der Waals surface area contributed by atoms with Crippen LogP contribution in [0.2, 0.25) is 0 Å². The van der Waals surface area contributed by atoms with Crippen LogP contribution in [0.25, 0.3) is 0 Å². The first-order valence-corrected chi connectivity index (χ1v) is 9.94. The molecule has 1 atom stereocenters. The Hall–Kier alpha value is -2.22. The highest BCUT2D eigenvalue weighted by Gasteiger charge is 2.31. The molecule has 1 N–H and O–H groups in total. The van der Waals surface area contributed by atoms with Gasteiger partial charge in [0.15, 0.2) is 0 Å². The van der Waals surface area contributed by atoms with E-state index in [-0.39, 0.29) is 16.8 Å². The minimum Gasteiger partial charge on any atom is -0.378 e. The summed E-state index contributed by atoms with van der Waals surface area (Å²) in [5, 5.41) is 2.83. The van der Waals surface area contributed by atoms with Gasteiger partial charge in [-0.3, -0.25) is 4.79 Å². The van der Waals surface area contributed by atoms with Crippen LogP contribution in [-0.2, 0) is 21.3 Å². The van der Waals surface area contributed by atoms with Crippen molar-refractivity contribution in [2.75, 3.05) is 19.8 Å². The van der Waals surface area contributed by atoms with Crippen LogP contribution in [0.5, 0.6) is 0 Å². The summed E-state index contributed by atoms with van der Waals surface area (Å²) >= 11 is 0. The van der Waals surface area contributed by atoms with Gasteiger partial charge in [-0.05, 0) is 36.8 Å². The van der Waals surface area contributed by atoms with Gasteiger partial charge in [0.25, 0.3) is 5.91 Å². The minimum atomic E-state index is -3.59. The molecule has 1 saturated heterocycles. The van der Waals surface area contributed by atoms with Crippen LogP contribution in [0.4, 0.5) is 0 Å². The molecule has 0 aromatic heterocycles. The highest BCUT2D eigenvalue weighted by atomic mass is 32.2. The standard InChI is InChI=1S/C19H22N2O4S/c1-15-14-25-12-11-21(15)26(23,24)18-9-7-17(8-10-18)19(22)20-13-16-5-3-2-4-6-16/h2-10,15H,11-14H2,1H3,(H,20,22).